The fourth-order valence-electron chi connectivity index (χ4n) is 1.09. The molecule has 0 saturated heterocycles. The molecule has 0 radical (unpaired) electrons. The summed E-state index contributed by atoms with van der Waals surface area (Å²) in [4.78, 5) is 11.2. The van der Waals surface area contributed by atoms with E-state index in [1.807, 2.05) is 0 Å². The lowest BCUT2D eigenvalue weighted by molar-refractivity contribution is -0.137. The van der Waals surface area contributed by atoms with Gasteiger partial charge in [0, 0.05) is 5.56 Å². The Morgan fingerprint density at radius 2 is 2.00 bits per heavy atom. The zero-order chi connectivity index (χ0) is 11.6. The average molecular weight is 218 g/mol. The molecule has 2 nitrogen and oxygen atoms in total. The van der Waals surface area contributed by atoms with Crippen molar-refractivity contribution >= 4 is 5.78 Å². The second-order valence-electron chi connectivity index (χ2n) is 3.12. The van der Waals surface area contributed by atoms with Crippen LogP contribution >= 0.6 is 0 Å². The van der Waals surface area contributed by atoms with Gasteiger partial charge in [-0.3, -0.25) is 4.79 Å². The summed E-state index contributed by atoms with van der Waals surface area (Å²) >= 11 is 0. The van der Waals surface area contributed by atoms with Crippen molar-refractivity contribution in [2.24, 2.45) is 0 Å². The summed E-state index contributed by atoms with van der Waals surface area (Å²) < 4.78 is 36.8. The van der Waals surface area contributed by atoms with Crippen LogP contribution in [-0.4, -0.2) is 17.0 Å². The standard InChI is InChI=1S/C10H9F3O2/c1-6(14)9(15)7-3-2-4-8(5-7)10(11,12)13/h2-6,14H,1H3. The summed E-state index contributed by atoms with van der Waals surface area (Å²) in [5.41, 5.74) is -1.03. The summed E-state index contributed by atoms with van der Waals surface area (Å²) in [6, 6.07) is 3.98. The zero-order valence-electron chi connectivity index (χ0n) is 7.88. The van der Waals surface area contributed by atoms with Gasteiger partial charge >= 0.3 is 6.18 Å². The Morgan fingerprint density at radius 1 is 1.40 bits per heavy atom. The minimum absolute atomic E-state index is 0.139. The first-order valence-electron chi connectivity index (χ1n) is 4.22. The van der Waals surface area contributed by atoms with E-state index in [0.29, 0.717) is 0 Å². The Labute approximate surface area is 84.3 Å². The topological polar surface area (TPSA) is 37.3 Å². The highest BCUT2D eigenvalue weighted by atomic mass is 19.4. The van der Waals surface area contributed by atoms with Crippen LogP contribution in [0.2, 0.25) is 0 Å². The number of benzene rings is 1. The minimum Gasteiger partial charge on any atom is -0.385 e. The summed E-state index contributed by atoms with van der Waals surface area (Å²) in [5.74, 6) is -0.721. The van der Waals surface area contributed by atoms with Gasteiger partial charge in [-0.15, -0.1) is 0 Å². The van der Waals surface area contributed by atoms with E-state index >= 15 is 0 Å². The number of carbonyl (C=O) groups excluding carboxylic acids is 1. The predicted octanol–water partition coefficient (Wildman–Crippen LogP) is 2.27. The Balaban J connectivity index is 3.09. The van der Waals surface area contributed by atoms with Crippen molar-refractivity contribution in [1.29, 1.82) is 0 Å². The second-order valence-corrected chi connectivity index (χ2v) is 3.12. The van der Waals surface area contributed by atoms with Crippen LogP contribution in [-0.2, 0) is 6.18 Å². The molecule has 0 aliphatic heterocycles. The van der Waals surface area contributed by atoms with Crippen LogP contribution in [0.3, 0.4) is 0 Å². The van der Waals surface area contributed by atoms with Crippen molar-refractivity contribution in [3.05, 3.63) is 35.4 Å². The molecule has 0 fully saturated rings. The summed E-state index contributed by atoms with van der Waals surface area (Å²) in [7, 11) is 0. The predicted molar refractivity (Wildman–Crippen MR) is 47.5 cm³/mol. The SMILES string of the molecule is CC(O)C(=O)c1cccc(C(F)(F)F)c1. The molecule has 1 rings (SSSR count). The normalized spacial score (nSPS) is 13.7. The first-order chi connectivity index (χ1) is 6.82. The minimum atomic E-state index is -4.48. The number of hydrogen-bond donors (Lipinski definition) is 1. The third-order valence-corrected chi connectivity index (χ3v) is 1.85. The number of carbonyl (C=O) groups is 1. The van der Waals surface area contributed by atoms with E-state index in [9.17, 15) is 18.0 Å². The number of hydrogen-bond acceptors (Lipinski definition) is 2. The monoisotopic (exact) mass is 218 g/mol. The fraction of sp³-hybridized carbons (Fsp3) is 0.300. The molecule has 0 heterocycles. The molecule has 1 aromatic carbocycles. The van der Waals surface area contributed by atoms with E-state index in [1.165, 1.54) is 13.0 Å². The van der Waals surface area contributed by atoms with E-state index in [2.05, 4.69) is 0 Å². The molecule has 1 atom stereocenters. The van der Waals surface area contributed by atoms with Gasteiger partial charge in [0.2, 0.25) is 0 Å². The molecule has 0 aromatic heterocycles. The molecule has 0 aliphatic rings. The van der Waals surface area contributed by atoms with E-state index in [4.69, 9.17) is 5.11 Å². The summed E-state index contributed by atoms with van der Waals surface area (Å²) in [6.45, 7) is 1.21. The van der Waals surface area contributed by atoms with Crippen LogP contribution in [0.15, 0.2) is 24.3 Å². The number of aliphatic hydroxyl groups is 1. The van der Waals surface area contributed by atoms with Gasteiger partial charge in [-0.25, -0.2) is 0 Å². The second kappa shape index (κ2) is 4.02. The summed E-state index contributed by atoms with van der Waals surface area (Å²) in [6.07, 6.45) is -5.77. The van der Waals surface area contributed by atoms with Crippen molar-refractivity contribution in [2.45, 2.75) is 19.2 Å². The largest absolute Gasteiger partial charge is 0.416 e. The third kappa shape index (κ3) is 2.79. The van der Waals surface area contributed by atoms with Crippen molar-refractivity contribution in [3.8, 4) is 0 Å². The Kier molecular flexibility index (Phi) is 3.14. The Morgan fingerprint density at radius 3 is 2.47 bits per heavy atom. The lowest BCUT2D eigenvalue weighted by atomic mass is 10.0. The molecule has 1 N–H and O–H groups in total. The lowest BCUT2D eigenvalue weighted by Gasteiger charge is -2.08. The zero-order valence-corrected chi connectivity index (χ0v) is 7.88. The highest BCUT2D eigenvalue weighted by molar-refractivity contribution is 5.99. The maximum absolute atomic E-state index is 12.3. The molecule has 15 heavy (non-hydrogen) atoms. The van der Waals surface area contributed by atoms with Crippen LogP contribution in [0.1, 0.15) is 22.8 Å². The summed E-state index contributed by atoms with van der Waals surface area (Å²) in [5, 5.41) is 8.94. The third-order valence-electron chi connectivity index (χ3n) is 1.85. The number of Topliss-reactive ketones (excluding diaryl/α,β-unsaturated/α-hetero) is 1. The van der Waals surface area contributed by atoms with Gasteiger partial charge in [-0.05, 0) is 19.1 Å². The molecule has 82 valence electrons. The first kappa shape index (κ1) is 11.7. The molecule has 0 amide bonds. The Hall–Kier alpha value is -1.36. The van der Waals surface area contributed by atoms with Crippen LogP contribution in [0.5, 0.6) is 0 Å². The number of rotatable bonds is 2. The number of alkyl halides is 3. The molecule has 1 aromatic rings. The molecule has 5 heteroatoms. The van der Waals surface area contributed by atoms with Crippen LogP contribution in [0.25, 0.3) is 0 Å². The van der Waals surface area contributed by atoms with Crippen molar-refractivity contribution in [3.63, 3.8) is 0 Å². The lowest BCUT2D eigenvalue weighted by Crippen LogP contribution is -2.17. The van der Waals surface area contributed by atoms with E-state index in [0.717, 1.165) is 18.2 Å². The van der Waals surface area contributed by atoms with E-state index in [1.54, 1.807) is 0 Å². The average Bonchev–Trinajstić information content (AvgIpc) is 2.15. The Bertz CT molecular complexity index is 369. The van der Waals surface area contributed by atoms with Gasteiger partial charge in [-0.1, -0.05) is 12.1 Å². The van der Waals surface area contributed by atoms with Gasteiger partial charge in [0.05, 0.1) is 5.56 Å². The highest BCUT2D eigenvalue weighted by Gasteiger charge is 2.31. The molecular formula is C10H9F3O2. The maximum atomic E-state index is 12.3. The maximum Gasteiger partial charge on any atom is 0.416 e. The van der Waals surface area contributed by atoms with E-state index < -0.39 is 23.6 Å². The van der Waals surface area contributed by atoms with Crippen molar-refractivity contribution in [2.75, 3.05) is 0 Å². The van der Waals surface area contributed by atoms with Crippen molar-refractivity contribution in [1.82, 2.24) is 0 Å². The molecule has 1 unspecified atom stereocenters. The molecule has 0 spiro atoms. The molecule has 0 aliphatic carbocycles. The van der Waals surface area contributed by atoms with Crippen LogP contribution in [0, 0.1) is 0 Å². The number of aliphatic hydroxyl groups excluding tert-OH is 1. The molecule has 0 saturated carbocycles. The smallest absolute Gasteiger partial charge is 0.385 e. The van der Waals surface area contributed by atoms with Gasteiger partial charge in [0.25, 0.3) is 0 Å². The van der Waals surface area contributed by atoms with E-state index in [-0.39, 0.29) is 5.56 Å². The van der Waals surface area contributed by atoms with Crippen molar-refractivity contribution < 1.29 is 23.1 Å². The quantitative estimate of drug-likeness (QED) is 0.773. The van der Waals surface area contributed by atoms with Crippen LogP contribution < -0.4 is 0 Å². The van der Waals surface area contributed by atoms with Gasteiger partial charge in [-0.2, -0.15) is 13.2 Å². The number of halogens is 3. The van der Waals surface area contributed by atoms with Gasteiger partial charge in [0.15, 0.2) is 5.78 Å². The van der Waals surface area contributed by atoms with Gasteiger partial charge < -0.3 is 5.11 Å². The fourth-order valence-corrected chi connectivity index (χ4v) is 1.09. The first-order valence-corrected chi connectivity index (χ1v) is 4.22. The molecular weight excluding hydrogens is 209 g/mol. The van der Waals surface area contributed by atoms with Gasteiger partial charge in [0.1, 0.15) is 6.10 Å². The number of ketones is 1. The van der Waals surface area contributed by atoms with Crippen LogP contribution in [0.4, 0.5) is 13.2 Å². The molecule has 0 bridgehead atoms. The highest BCUT2D eigenvalue weighted by Crippen LogP contribution is 2.29.